The van der Waals surface area contributed by atoms with Crippen LogP contribution in [0.25, 0.3) is 0 Å². The molecule has 0 spiro atoms. The number of benzene rings is 3. The molecule has 0 saturated heterocycles. The zero-order chi connectivity index (χ0) is 22.2. The minimum Gasteiger partial charge on any atom is -0.507 e. The Morgan fingerprint density at radius 1 is 0.875 bits per heavy atom. The van der Waals surface area contributed by atoms with Crippen molar-refractivity contribution in [3.63, 3.8) is 0 Å². The van der Waals surface area contributed by atoms with E-state index in [4.69, 9.17) is 24.0 Å². The fraction of sp³-hybridized carbons (Fsp3) is 0.240. The van der Waals surface area contributed by atoms with Gasteiger partial charge in [0.1, 0.15) is 5.75 Å². The maximum Gasteiger partial charge on any atom is 0.217 e. The first kappa shape index (κ1) is 20.1. The van der Waals surface area contributed by atoms with Crippen molar-refractivity contribution in [2.45, 2.75) is 18.7 Å². The molecule has 7 heteroatoms. The average Bonchev–Trinajstić information content (AvgIpc) is 3.28. The molecule has 3 aromatic carbocycles. The first-order chi connectivity index (χ1) is 15.7. The molecule has 0 aromatic heterocycles. The van der Waals surface area contributed by atoms with E-state index in [9.17, 15) is 5.11 Å². The molecule has 0 unspecified atom stereocenters. The van der Waals surface area contributed by atoms with Crippen LogP contribution in [0, 0.1) is 0 Å². The largest absolute Gasteiger partial charge is 0.507 e. The highest BCUT2D eigenvalue weighted by Gasteiger charge is 2.43. The van der Waals surface area contributed by atoms with Crippen molar-refractivity contribution in [2.24, 2.45) is 5.10 Å². The van der Waals surface area contributed by atoms with Crippen LogP contribution >= 0.6 is 0 Å². The number of nitrogens with zero attached hydrogens (tertiary/aromatic N) is 2. The molecule has 2 heterocycles. The second kappa shape index (κ2) is 8.00. The molecule has 2 aliphatic heterocycles. The Morgan fingerprint density at radius 2 is 1.59 bits per heavy atom. The Bertz CT molecular complexity index is 1190. The highest BCUT2D eigenvalue weighted by atomic mass is 16.5. The van der Waals surface area contributed by atoms with Gasteiger partial charge < -0.3 is 24.1 Å². The SMILES string of the molecule is COc1cccc2c1O[C@H](c1cccc(OC)c1OC)N1N=C(c3ccccc3O)C[C@H]21. The van der Waals surface area contributed by atoms with E-state index < -0.39 is 6.23 Å². The molecule has 0 radical (unpaired) electrons. The molecule has 0 aliphatic carbocycles. The number of fused-ring (bicyclic) bond motifs is 3. The van der Waals surface area contributed by atoms with Crippen LogP contribution in [0.4, 0.5) is 0 Å². The van der Waals surface area contributed by atoms with Gasteiger partial charge in [0, 0.05) is 17.5 Å². The maximum atomic E-state index is 10.4. The van der Waals surface area contributed by atoms with Crippen LogP contribution in [0.1, 0.15) is 35.4 Å². The summed E-state index contributed by atoms with van der Waals surface area (Å²) in [5, 5.41) is 17.3. The van der Waals surface area contributed by atoms with E-state index in [0.29, 0.717) is 35.0 Å². The predicted octanol–water partition coefficient (Wildman–Crippen LogP) is 4.66. The number of methoxy groups -OCH3 is 3. The van der Waals surface area contributed by atoms with Gasteiger partial charge in [-0.15, -0.1) is 0 Å². The molecule has 2 aliphatic rings. The molecular weight excluding hydrogens is 408 g/mol. The van der Waals surface area contributed by atoms with Crippen LogP contribution in [0.2, 0.25) is 0 Å². The number of hydrogen-bond donors (Lipinski definition) is 1. The lowest BCUT2D eigenvalue weighted by atomic mass is 9.95. The minimum absolute atomic E-state index is 0.0932. The van der Waals surface area contributed by atoms with Crippen molar-refractivity contribution < 1.29 is 24.1 Å². The number of phenolic OH excluding ortho intramolecular Hbond substituents is 1. The lowest BCUT2D eigenvalue weighted by molar-refractivity contribution is -0.0223. The maximum absolute atomic E-state index is 10.4. The number of phenols is 1. The van der Waals surface area contributed by atoms with Gasteiger partial charge in [0.15, 0.2) is 23.0 Å². The molecule has 7 nitrogen and oxygen atoms in total. The van der Waals surface area contributed by atoms with Crippen LogP contribution in [-0.2, 0) is 0 Å². The van der Waals surface area contributed by atoms with Gasteiger partial charge >= 0.3 is 0 Å². The van der Waals surface area contributed by atoms with Gasteiger partial charge in [-0.1, -0.05) is 30.3 Å². The summed E-state index contributed by atoms with van der Waals surface area (Å²) in [6.45, 7) is 0. The van der Waals surface area contributed by atoms with Gasteiger partial charge in [-0.2, -0.15) is 5.10 Å². The van der Waals surface area contributed by atoms with Crippen LogP contribution < -0.4 is 18.9 Å². The molecule has 1 N–H and O–H groups in total. The lowest BCUT2D eigenvalue weighted by Crippen LogP contribution is -2.34. The Balaban J connectivity index is 1.68. The average molecular weight is 432 g/mol. The topological polar surface area (TPSA) is 72.8 Å². The third-order valence-corrected chi connectivity index (χ3v) is 5.91. The molecule has 0 fully saturated rings. The second-order valence-corrected chi connectivity index (χ2v) is 7.60. The zero-order valence-electron chi connectivity index (χ0n) is 18.1. The van der Waals surface area contributed by atoms with Crippen molar-refractivity contribution >= 4 is 5.71 Å². The molecule has 0 amide bonds. The van der Waals surface area contributed by atoms with Gasteiger partial charge in [-0.3, -0.25) is 0 Å². The van der Waals surface area contributed by atoms with E-state index in [1.54, 1.807) is 33.5 Å². The number of hydrogen-bond acceptors (Lipinski definition) is 7. The Morgan fingerprint density at radius 3 is 2.31 bits per heavy atom. The first-order valence-electron chi connectivity index (χ1n) is 10.3. The summed E-state index contributed by atoms with van der Waals surface area (Å²) in [5.41, 5.74) is 3.27. The molecule has 5 rings (SSSR count). The van der Waals surface area contributed by atoms with E-state index in [2.05, 4.69) is 0 Å². The molecule has 32 heavy (non-hydrogen) atoms. The summed E-state index contributed by atoms with van der Waals surface area (Å²) in [6, 6.07) is 18.7. The zero-order valence-corrected chi connectivity index (χ0v) is 18.1. The summed E-state index contributed by atoms with van der Waals surface area (Å²) in [6.07, 6.45) is 0.0429. The quantitative estimate of drug-likeness (QED) is 0.632. The second-order valence-electron chi connectivity index (χ2n) is 7.60. The third-order valence-electron chi connectivity index (χ3n) is 5.91. The summed E-state index contributed by atoms with van der Waals surface area (Å²) in [4.78, 5) is 0. The molecule has 3 aromatic rings. The summed E-state index contributed by atoms with van der Waals surface area (Å²) >= 11 is 0. The molecule has 164 valence electrons. The normalized spacial score (nSPS) is 18.8. The fourth-order valence-electron chi connectivity index (χ4n) is 4.44. The van der Waals surface area contributed by atoms with Crippen molar-refractivity contribution in [1.82, 2.24) is 5.01 Å². The van der Waals surface area contributed by atoms with Gasteiger partial charge in [0.25, 0.3) is 0 Å². The Kier molecular flexibility index (Phi) is 5.01. The van der Waals surface area contributed by atoms with E-state index in [-0.39, 0.29) is 11.8 Å². The van der Waals surface area contributed by atoms with Crippen LogP contribution in [0.3, 0.4) is 0 Å². The number of rotatable bonds is 5. The summed E-state index contributed by atoms with van der Waals surface area (Å²) in [5.74, 6) is 2.74. The van der Waals surface area contributed by atoms with Crippen molar-refractivity contribution in [2.75, 3.05) is 21.3 Å². The van der Waals surface area contributed by atoms with Crippen LogP contribution in [0.5, 0.6) is 28.7 Å². The standard InChI is InChI=1S/C25H24N2O5/c1-29-21-12-7-10-17(23(21)31-3)25-27-19(16-9-6-13-22(30-2)24(16)32-25)14-18(26-27)15-8-4-5-11-20(15)28/h4-13,19,25,28H,14H2,1-3H3/t19-,25-/m1/s1. The minimum atomic E-state index is -0.572. The van der Waals surface area contributed by atoms with Gasteiger partial charge in [0.05, 0.1) is 38.6 Å². The van der Waals surface area contributed by atoms with E-state index in [0.717, 1.165) is 16.8 Å². The number of ether oxygens (including phenoxy) is 4. The van der Waals surface area contributed by atoms with E-state index >= 15 is 0 Å². The molecule has 0 saturated carbocycles. The Labute approximate surface area is 186 Å². The van der Waals surface area contributed by atoms with Crippen molar-refractivity contribution in [1.29, 1.82) is 0 Å². The molecule has 0 bridgehead atoms. The highest BCUT2D eigenvalue weighted by molar-refractivity contribution is 6.04. The number of aromatic hydroxyl groups is 1. The smallest absolute Gasteiger partial charge is 0.217 e. The van der Waals surface area contributed by atoms with E-state index in [1.807, 2.05) is 53.5 Å². The van der Waals surface area contributed by atoms with Crippen LogP contribution in [0.15, 0.2) is 65.8 Å². The fourth-order valence-corrected chi connectivity index (χ4v) is 4.44. The third kappa shape index (κ3) is 3.09. The Hall–Kier alpha value is -3.87. The first-order valence-corrected chi connectivity index (χ1v) is 10.3. The van der Waals surface area contributed by atoms with Gasteiger partial charge in [-0.25, -0.2) is 5.01 Å². The highest BCUT2D eigenvalue weighted by Crippen LogP contribution is 2.52. The molecular formula is C25H24N2O5. The van der Waals surface area contributed by atoms with Gasteiger partial charge in [0.2, 0.25) is 6.23 Å². The lowest BCUT2D eigenvalue weighted by Gasteiger charge is -2.39. The number of para-hydroxylation sites is 3. The monoisotopic (exact) mass is 432 g/mol. The predicted molar refractivity (Wildman–Crippen MR) is 120 cm³/mol. The van der Waals surface area contributed by atoms with Crippen molar-refractivity contribution in [3.05, 3.63) is 77.4 Å². The van der Waals surface area contributed by atoms with Gasteiger partial charge in [-0.05, 0) is 30.3 Å². The van der Waals surface area contributed by atoms with Crippen molar-refractivity contribution in [3.8, 4) is 28.7 Å². The summed E-state index contributed by atoms with van der Waals surface area (Å²) in [7, 11) is 4.84. The van der Waals surface area contributed by atoms with E-state index in [1.165, 1.54) is 0 Å². The molecule has 2 atom stereocenters. The van der Waals surface area contributed by atoms with Crippen LogP contribution in [-0.4, -0.2) is 37.2 Å². The summed E-state index contributed by atoms with van der Waals surface area (Å²) < 4.78 is 23.3. The number of hydrazone groups is 1.